The molecule has 1 atom stereocenters. The predicted molar refractivity (Wildman–Crippen MR) is 47.7 cm³/mol. The van der Waals surface area contributed by atoms with Crippen molar-refractivity contribution in [3.63, 3.8) is 0 Å². The summed E-state index contributed by atoms with van der Waals surface area (Å²) in [7, 11) is 0. The maximum Gasteiger partial charge on any atom is 0.337 e. The van der Waals surface area contributed by atoms with E-state index in [2.05, 4.69) is 0 Å². The number of aliphatic carboxylic acids is 1. The van der Waals surface area contributed by atoms with E-state index in [-0.39, 0.29) is 16.1 Å². The summed E-state index contributed by atoms with van der Waals surface area (Å²) in [5.74, 6) is -1.30. The maximum atomic E-state index is 10.3. The molecule has 1 unspecified atom stereocenters. The van der Waals surface area contributed by atoms with Crippen molar-refractivity contribution < 1.29 is 20.5 Å². The Balaban J connectivity index is 0.00000144. The molecule has 0 radical (unpaired) electrons. The molecular weight excluding hydrogens is 196 g/mol. The van der Waals surface area contributed by atoms with Crippen molar-refractivity contribution >= 4 is 17.6 Å². The molecule has 1 rings (SSSR count). The summed E-state index contributed by atoms with van der Waals surface area (Å²) in [5, 5.41) is 17.8. The summed E-state index contributed by atoms with van der Waals surface area (Å²) in [4.78, 5) is 10.3. The fourth-order valence-electron chi connectivity index (χ4n) is 0.830. The smallest absolute Gasteiger partial charge is 0.337 e. The second-order valence-electron chi connectivity index (χ2n) is 2.26. The normalized spacial score (nSPS) is 11.5. The molecule has 4 nitrogen and oxygen atoms in total. The molecule has 1 aromatic carbocycles. The van der Waals surface area contributed by atoms with Crippen molar-refractivity contribution in [2.75, 3.05) is 0 Å². The highest BCUT2D eigenvalue weighted by Gasteiger charge is 2.17. The Morgan fingerprint density at radius 2 is 1.92 bits per heavy atom. The number of carbonyl (C=O) groups is 1. The van der Waals surface area contributed by atoms with E-state index in [1.54, 1.807) is 12.1 Å². The van der Waals surface area contributed by atoms with Gasteiger partial charge in [0.25, 0.3) is 0 Å². The molecule has 0 fully saturated rings. The van der Waals surface area contributed by atoms with Crippen LogP contribution in [0.1, 0.15) is 11.7 Å². The lowest BCUT2D eigenvalue weighted by atomic mass is 10.1. The summed E-state index contributed by atoms with van der Waals surface area (Å²) >= 11 is 5.64. The van der Waals surface area contributed by atoms with Gasteiger partial charge < -0.3 is 15.7 Å². The molecule has 0 saturated heterocycles. The topological polar surface area (TPSA) is 89.0 Å². The number of carboxylic acids is 1. The molecule has 0 amide bonds. The Morgan fingerprint density at radius 3 is 2.38 bits per heavy atom. The standard InChI is InChI=1S/C8H7ClO3.H2O/c9-6-4-2-1-3-5(6)7(10)8(11)12;/h1-4,7,10H,(H,11,12);1H2. The highest BCUT2D eigenvalue weighted by atomic mass is 35.5. The van der Waals surface area contributed by atoms with Crippen molar-refractivity contribution in [1.82, 2.24) is 0 Å². The number of aliphatic hydroxyl groups excluding tert-OH is 1. The molecule has 0 bridgehead atoms. The summed E-state index contributed by atoms with van der Waals surface area (Å²) in [5.41, 5.74) is 0.215. The Hall–Kier alpha value is -1.10. The van der Waals surface area contributed by atoms with Gasteiger partial charge in [0.05, 0.1) is 0 Å². The first-order valence-corrected chi connectivity index (χ1v) is 3.66. The van der Waals surface area contributed by atoms with Crippen molar-refractivity contribution in [2.24, 2.45) is 0 Å². The van der Waals surface area contributed by atoms with Crippen LogP contribution in [0.3, 0.4) is 0 Å². The lowest BCUT2D eigenvalue weighted by Gasteiger charge is -2.06. The molecule has 72 valence electrons. The summed E-state index contributed by atoms with van der Waals surface area (Å²) in [6.45, 7) is 0. The highest BCUT2D eigenvalue weighted by molar-refractivity contribution is 6.31. The third kappa shape index (κ3) is 2.69. The van der Waals surface area contributed by atoms with E-state index in [9.17, 15) is 4.79 Å². The third-order valence-electron chi connectivity index (χ3n) is 1.43. The minimum Gasteiger partial charge on any atom is -0.479 e. The Morgan fingerprint density at radius 1 is 1.38 bits per heavy atom. The largest absolute Gasteiger partial charge is 0.479 e. The van der Waals surface area contributed by atoms with Crippen LogP contribution in [0.15, 0.2) is 24.3 Å². The van der Waals surface area contributed by atoms with Crippen molar-refractivity contribution in [3.8, 4) is 0 Å². The van der Waals surface area contributed by atoms with Crippen LogP contribution in [0.2, 0.25) is 5.02 Å². The molecule has 0 aromatic heterocycles. The van der Waals surface area contributed by atoms with Gasteiger partial charge in [-0.05, 0) is 6.07 Å². The molecule has 0 saturated carbocycles. The van der Waals surface area contributed by atoms with Crippen LogP contribution in [0.4, 0.5) is 0 Å². The van der Waals surface area contributed by atoms with Crippen molar-refractivity contribution in [2.45, 2.75) is 6.10 Å². The van der Waals surface area contributed by atoms with Crippen LogP contribution >= 0.6 is 11.6 Å². The van der Waals surface area contributed by atoms with E-state index in [1.165, 1.54) is 12.1 Å². The monoisotopic (exact) mass is 204 g/mol. The van der Waals surface area contributed by atoms with E-state index in [4.69, 9.17) is 21.8 Å². The first kappa shape index (κ1) is 11.9. The molecular formula is C8H9ClO4. The van der Waals surface area contributed by atoms with Gasteiger partial charge in [-0.25, -0.2) is 4.79 Å². The highest BCUT2D eigenvalue weighted by Crippen LogP contribution is 2.22. The molecule has 4 N–H and O–H groups in total. The molecule has 13 heavy (non-hydrogen) atoms. The molecule has 5 heteroatoms. The second-order valence-corrected chi connectivity index (χ2v) is 2.67. The average molecular weight is 205 g/mol. The first-order valence-electron chi connectivity index (χ1n) is 3.28. The third-order valence-corrected chi connectivity index (χ3v) is 1.78. The Labute approximate surface area is 79.7 Å². The second kappa shape index (κ2) is 4.81. The number of benzene rings is 1. The van der Waals surface area contributed by atoms with Crippen LogP contribution in [0.5, 0.6) is 0 Å². The molecule has 0 aliphatic carbocycles. The van der Waals surface area contributed by atoms with Gasteiger partial charge in [-0.2, -0.15) is 0 Å². The lowest BCUT2D eigenvalue weighted by Crippen LogP contribution is -2.10. The zero-order valence-corrected chi connectivity index (χ0v) is 7.32. The van der Waals surface area contributed by atoms with Crippen LogP contribution in [0, 0.1) is 0 Å². The van der Waals surface area contributed by atoms with Crippen molar-refractivity contribution in [1.29, 1.82) is 0 Å². The van der Waals surface area contributed by atoms with E-state index < -0.39 is 12.1 Å². The van der Waals surface area contributed by atoms with Gasteiger partial charge in [0, 0.05) is 10.6 Å². The summed E-state index contributed by atoms with van der Waals surface area (Å²) < 4.78 is 0. The molecule has 0 aliphatic heterocycles. The molecule has 0 heterocycles. The number of halogens is 1. The Kier molecular flexibility index (Phi) is 4.40. The maximum absolute atomic E-state index is 10.3. The minimum absolute atomic E-state index is 0. The number of rotatable bonds is 2. The zero-order valence-electron chi connectivity index (χ0n) is 6.57. The van der Waals surface area contributed by atoms with Crippen molar-refractivity contribution in [3.05, 3.63) is 34.9 Å². The number of carboxylic acid groups (broad SMARTS) is 1. The Bertz CT molecular complexity index is 300. The van der Waals surface area contributed by atoms with Gasteiger partial charge in [0.1, 0.15) is 0 Å². The van der Waals surface area contributed by atoms with Gasteiger partial charge in [0.2, 0.25) is 0 Å². The first-order chi connectivity index (χ1) is 5.63. The molecule has 1 aromatic rings. The van der Waals surface area contributed by atoms with Crippen LogP contribution in [-0.4, -0.2) is 21.7 Å². The fraction of sp³-hybridized carbons (Fsp3) is 0.125. The zero-order chi connectivity index (χ0) is 9.14. The van der Waals surface area contributed by atoms with Crippen LogP contribution in [0.25, 0.3) is 0 Å². The van der Waals surface area contributed by atoms with E-state index in [1.807, 2.05) is 0 Å². The van der Waals surface area contributed by atoms with E-state index in [0.29, 0.717) is 0 Å². The number of aliphatic hydroxyl groups is 1. The van der Waals surface area contributed by atoms with Gasteiger partial charge in [-0.3, -0.25) is 0 Å². The summed E-state index contributed by atoms with van der Waals surface area (Å²) in [6, 6.07) is 6.29. The van der Waals surface area contributed by atoms with Gasteiger partial charge in [0.15, 0.2) is 6.10 Å². The number of hydrogen-bond acceptors (Lipinski definition) is 2. The fourth-order valence-corrected chi connectivity index (χ4v) is 1.07. The predicted octanol–water partition coefficient (Wildman–Crippen LogP) is 0.633. The van der Waals surface area contributed by atoms with Gasteiger partial charge in [-0.15, -0.1) is 0 Å². The SMILES string of the molecule is O.O=C(O)C(O)c1ccccc1Cl. The average Bonchev–Trinajstić information content (AvgIpc) is 2.04. The minimum atomic E-state index is -1.54. The van der Waals surface area contributed by atoms with Crippen LogP contribution < -0.4 is 0 Å². The lowest BCUT2D eigenvalue weighted by molar-refractivity contribution is -0.146. The van der Waals surface area contributed by atoms with Crippen LogP contribution in [-0.2, 0) is 4.79 Å². The quantitative estimate of drug-likeness (QED) is 0.741. The molecule has 0 spiro atoms. The van der Waals surface area contributed by atoms with E-state index in [0.717, 1.165) is 0 Å². The van der Waals surface area contributed by atoms with Gasteiger partial charge >= 0.3 is 5.97 Å². The van der Waals surface area contributed by atoms with E-state index >= 15 is 0 Å². The number of hydrogen-bond donors (Lipinski definition) is 2. The summed E-state index contributed by atoms with van der Waals surface area (Å²) in [6.07, 6.45) is -1.54. The molecule has 0 aliphatic rings. The van der Waals surface area contributed by atoms with Gasteiger partial charge in [-0.1, -0.05) is 29.8 Å².